The fourth-order valence-electron chi connectivity index (χ4n) is 4.88. The summed E-state index contributed by atoms with van der Waals surface area (Å²) in [5, 5.41) is 32.0. The number of aromatic carboxylic acids is 1. The summed E-state index contributed by atoms with van der Waals surface area (Å²) in [6, 6.07) is 22.2. The van der Waals surface area contributed by atoms with E-state index in [2.05, 4.69) is 0 Å². The lowest BCUT2D eigenvalue weighted by Gasteiger charge is -2.27. The summed E-state index contributed by atoms with van der Waals surface area (Å²) in [5.41, 5.74) is 3.78. The fraction of sp³-hybridized carbons (Fsp3) is 0.233. The first-order chi connectivity index (χ1) is 17.9. The van der Waals surface area contributed by atoms with Crippen molar-refractivity contribution in [2.45, 2.75) is 38.3 Å². The SMILES string of the molecule is O=C(O)c1cc2cc(OCc3cccc(C4CC(O)CCO4)c3)ccc2c(-c2ccc(Cl)cc2)c1CO. The molecule has 0 saturated carbocycles. The van der Waals surface area contributed by atoms with E-state index in [0.29, 0.717) is 53.3 Å². The van der Waals surface area contributed by atoms with Gasteiger partial charge in [-0.05, 0) is 75.8 Å². The highest BCUT2D eigenvalue weighted by Gasteiger charge is 2.22. The van der Waals surface area contributed by atoms with Gasteiger partial charge in [0.1, 0.15) is 12.4 Å². The second-order valence-electron chi connectivity index (χ2n) is 9.20. The number of halogens is 1. The average Bonchev–Trinajstić information content (AvgIpc) is 2.91. The molecule has 1 aliphatic rings. The molecule has 1 fully saturated rings. The molecule has 0 spiro atoms. The van der Waals surface area contributed by atoms with Crippen molar-refractivity contribution in [3.8, 4) is 16.9 Å². The van der Waals surface area contributed by atoms with Crippen LogP contribution in [0.25, 0.3) is 21.9 Å². The van der Waals surface area contributed by atoms with Crippen LogP contribution in [0.3, 0.4) is 0 Å². The molecule has 0 radical (unpaired) electrons. The van der Waals surface area contributed by atoms with Crippen molar-refractivity contribution in [1.82, 2.24) is 0 Å². The van der Waals surface area contributed by atoms with Gasteiger partial charge >= 0.3 is 5.97 Å². The fourth-order valence-corrected chi connectivity index (χ4v) is 5.01. The first-order valence-electron chi connectivity index (χ1n) is 12.1. The zero-order chi connectivity index (χ0) is 25.9. The minimum absolute atomic E-state index is 0.0412. The Labute approximate surface area is 219 Å². The maximum Gasteiger partial charge on any atom is 0.336 e. The average molecular weight is 519 g/mol. The number of fused-ring (bicyclic) bond motifs is 1. The summed E-state index contributed by atoms with van der Waals surface area (Å²) in [4.78, 5) is 12.1. The number of hydrogen-bond acceptors (Lipinski definition) is 5. The van der Waals surface area contributed by atoms with Gasteiger partial charge in [-0.1, -0.05) is 48.0 Å². The molecule has 5 rings (SSSR count). The van der Waals surface area contributed by atoms with Crippen LogP contribution in [-0.4, -0.2) is 34.0 Å². The lowest BCUT2D eigenvalue weighted by atomic mass is 9.90. The quantitative estimate of drug-likeness (QED) is 0.272. The highest BCUT2D eigenvalue weighted by Crippen LogP contribution is 2.37. The second kappa shape index (κ2) is 10.9. The number of carbonyl (C=O) groups is 1. The van der Waals surface area contributed by atoms with Gasteiger partial charge in [0.05, 0.1) is 24.4 Å². The van der Waals surface area contributed by atoms with E-state index < -0.39 is 12.6 Å². The summed E-state index contributed by atoms with van der Waals surface area (Å²) in [5.74, 6) is -0.517. The molecule has 0 aromatic heterocycles. The zero-order valence-electron chi connectivity index (χ0n) is 20.1. The number of ether oxygens (including phenoxy) is 2. The van der Waals surface area contributed by atoms with Gasteiger partial charge in [0, 0.05) is 23.6 Å². The highest BCUT2D eigenvalue weighted by molar-refractivity contribution is 6.30. The first kappa shape index (κ1) is 25.2. The molecule has 1 aliphatic heterocycles. The van der Waals surface area contributed by atoms with E-state index >= 15 is 0 Å². The van der Waals surface area contributed by atoms with Gasteiger partial charge in [0.25, 0.3) is 0 Å². The van der Waals surface area contributed by atoms with E-state index in [1.165, 1.54) is 0 Å². The van der Waals surface area contributed by atoms with Crippen LogP contribution in [0.5, 0.6) is 5.75 Å². The van der Waals surface area contributed by atoms with Gasteiger partial charge in [-0.15, -0.1) is 0 Å². The number of hydrogen-bond donors (Lipinski definition) is 3. The van der Waals surface area contributed by atoms with E-state index in [9.17, 15) is 20.1 Å². The van der Waals surface area contributed by atoms with Crippen molar-refractivity contribution in [2.24, 2.45) is 0 Å². The molecule has 0 bridgehead atoms. The zero-order valence-corrected chi connectivity index (χ0v) is 20.8. The van der Waals surface area contributed by atoms with Gasteiger partial charge in [-0.3, -0.25) is 0 Å². The molecule has 1 saturated heterocycles. The Morgan fingerprint density at radius 3 is 2.59 bits per heavy atom. The highest BCUT2D eigenvalue weighted by atomic mass is 35.5. The van der Waals surface area contributed by atoms with Crippen LogP contribution in [0, 0.1) is 0 Å². The number of aliphatic hydroxyl groups is 2. The predicted octanol–water partition coefficient (Wildman–Crippen LogP) is 6.14. The Hall–Kier alpha value is -3.42. The van der Waals surface area contributed by atoms with Crippen molar-refractivity contribution in [2.75, 3.05) is 6.61 Å². The van der Waals surface area contributed by atoms with Gasteiger partial charge in [-0.2, -0.15) is 0 Å². The summed E-state index contributed by atoms with van der Waals surface area (Å²) in [6.45, 7) is 0.447. The summed E-state index contributed by atoms with van der Waals surface area (Å²) in [6.07, 6.45) is 0.749. The van der Waals surface area contributed by atoms with E-state index in [1.54, 1.807) is 18.2 Å². The second-order valence-corrected chi connectivity index (χ2v) is 9.64. The molecule has 1 heterocycles. The van der Waals surface area contributed by atoms with Crippen molar-refractivity contribution >= 4 is 28.3 Å². The van der Waals surface area contributed by atoms with Crippen LogP contribution >= 0.6 is 11.6 Å². The number of aliphatic hydroxyl groups excluding tert-OH is 2. The minimum Gasteiger partial charge on any atom is -0.489 e. The lowest BCUT2D eigenvalue weighted by molar-refractivity contribution is -0.0448. The molecular formula is C30H27ClO6. The van der Waals surface area contributed by atoms with Gasteiger partial charge in [0.15, 0.2) is 0 Å². The monoisotopic (exact) mass is 518 g/mol. The van der Waals surface area contributed by atoms with Crippen molar-refractivity contribution in [3.63, 3.8) is 0 Å². The molecule has 4 aromatic rings. The normalized spacial score (nSPS) is 17.6. The lowest BCUT2D eigenvalue weighted by Crippen LogP contribution is -2.23. The Morgan fingerprint density at radius 2 is 1.86 bits per heavy atom. The van der Waals surface area contributed by atoms with Crippen LogP contribution in [0.4, 0.5) is 0 Å². The predicted molar refractivity (Wildman–Crippen MR) is 142 cm³/mol. The van der Waals surface area contributed by atoms with Crippen LogP contribution in [0.1, 0.15) is 46.0 Å². The smallest absolute Gasteiger partial charge is 0.336 e. The van der Waals surface area contributed by atoms with Crippen LogP contribution in [0.2, 0.25) is 5.02 Å². The van der Waals surface area contributed by atoms with E-state index in [-0.39, 0.29) is 17.8 Å². The van der Waals surface area contributed by atoms with E-state index in [4.69, 9.17) is 21.1 Å². The Morgan fingerprint density at radius 1 is 1.05 bits per heavy atom. The topological polar surface area (TPSA) is 96.2 Å². The molecule has 7 heteroatoms. The Kier molecular flexibility index (Phi) is 7.44. The number of benzene rings is 4. The number of carboxylic acid groups (broad SMARTS) is 1. The maximum absolute atomic E-state index is 12.1. The van der Waals surface area contributed by atoms with Gasteiger partial charge < -0.3 is 24.8 Å². The van der Waals surface area contributed by atoms with Crippen molar-refractivity contribution in [1.29, 1.82) is 0 Å². The van der Waals surface area contributed by atoms with Crippen LogP contribution < -0.4 is 4.74 Å². The maximum atomic E-state index is 12.1. The molecule has 190 valence electrons. The molecule has 3 N–H and O–H groups in total. The van der Waals surface area contributed by atoms with E-state index in [1.807, 2.05) is 54.6 Å². The third-order valence-electron chi connectivity index (χ3n) is 6.73. The summed E-state index contributed by atoms with van der Waals surface area (Å²) < 4.78 is 11.9. The largest absolute Gasteiger partial charge is 0.489 e. The van der Waals surface area contributed by atoms with Crippen LogP contribution in [0.15, 0.2) is 72.8 Å². The Balaban J connectivity index is 1.46. The van der Waals surface area contributed by atoms with Gasteiger partial charge in [-0.25, -0.2) is 4.79 Å². The molecule has 2 unspecified atom stereocenters. The van der Waals surface area contributed by atoms with Crippen LogP contribution in [-0.2, 0) is 18.0 Å². The third kappa shape index (κ3) is 5.48. The third-order valence-corrected chi connectivity index (χ3v) is 6.98. The molecule has 0 aliphatic carbocycles. The first-order valence-corrected chi connectivity index (χ1v) is 12.5. The Bertz CT molecular complexity index is 1430. The summed E-state index contributed by atoms with van der Waals surface area (Å²) >= 11 is 6.06. The molecule has 0 amide bonds. The summed E-state index contributed by atoms with van der Waals surface area (Å²) in [7, 11) is 0. The molecular weight excluding hydrogens is 492 g/mol. The van der Waals surface area contributed by atoms with E-state index in [0.717, 1.165) is 22.1 Å². The molecule has 37 heavy (non-hydrogen) atoms. The number of rotatable bonds is 7. The van der Waals surface area contributed by atoms with Crippen molar-refractivity contribution < 1.29 is 29.6 Å². The molecule has 2 atom stereocenters. The molecule has 4 aromatic carbocycles. The number of carboxylic acids is 1. The molecule has 6 nitrogen and oxygen atoms in total. The minimum atomic E-state index is -1.11. The van der Waals surface area contributed by atoms with Crippen molar-refractivity contribution in [3.05, 3.63) is 100 Å². The van der Waals surface area contributed by atoms with Gasteiger partial charge in [0.2, 0.25) is 0 Å². The standard InChI is InChI=1S/C30H27ClO6/c31-22-6-4-19(5-7-22)29-25-9-8-24(13-21(25)14-26(30(34)35)27(29)16-32)37-17-18-2-1-3-20(12-18)28-15-23(33)10-11-36-28/h1-9,12-14,23,28,32-33H,10-11,15-17H2,(H,34,35).